The molecule has 0 radical (unpaired) electrons. The number of ketones is 3. The van der Waals surface area contributed by atoms with Gasteiger partial charge in [-0.25, -0.2) is 24.1 Å². The molecule has 3 aliphatic heterocycles. The molecule has 7 heterocycles. The molecule has 4 aromatic heterocycles. The van der Waals surface area contributed by atoms with E-state index in [1.165, 1.54) is 18.3 Å². The van der Waals surface area contributed by atoms with Gasteiger partial charge >= 0.3 is 11.9 Å². The number of Topliss-reactive ketones (excluding diaryl/α,β-unsaturated/α-hetero) is 3. The van der Waals surface area contributed by atoms with E-state index >= 15 is 4.79 Å². The zero-order valence-electron chi connectivity index (χ0n) is 76.8. The molecule has 2 amide bonds. The van der Waals surface area contributed by atoms with Crippen molar-refractivity contribution in [1.29, 1.82) is 0 Å². The molecular weight excluding hydrogens is 1650 g/mol. The van der Waals surface area contributed by atoms with E-state index < -0.39 is 83.9 Å². The number of amides is 2. The number of anilines is 2. The molecule has 7 N–H and O–H groups in total. The maximum atomic E-state index is 15.0. The van der Waals surface area contributed by atoms with Crippen molar-refractivity contribution in [2.75, 3.05) is 132 Å². The number of nitrogen functional groups attached to an aromatic ring is 2. The monoisotopic (exact) mass is 1790 g/mol. The van der Waals surface area contributed by atoms with Gasteiger partial charge in [-0.15, -0.1) is 5.10 Å². The first-order valence-electron chi connectivity index (χ1n) is 45.8. The van der Waals surface area contributed by atoms with Gasteiger partial charge in [0.1, 0.15) is 65.8 Å². The van der Waals surface area contributed by atoms with Gasteiger partial charge in [0.15, 0.2) is 17.0 Å². The number of aliphatic hydroxyl groups excluding tert-OH is 1. The van der Waals surface area contributed by atoms with Crippen molar-refractivity contribution < 1.29 is 110 Å². The third-order valence-corrected chi connectivity index (χ3v) is 24.6. The highest BCUT2D eigenvalue weighted by molar-refractivity contribution is 6.39. The number of hydrogen-bond acceptors (Lipinski definition) is 31. The molecule has 16 atom stereocenters. The van der Waals surface area contributed by atoms with Crippen LogP contribution >= 0.6 is 0 Å². The van der Waals surface area contributed by atoms with Crippen LogP contribution in [0, 0.1) is 35.5 Å². The summed E-state index contributed by atoms with van der Waals surface area (Å²) in [6.07, 6.45) is 19.4. The summed E-state index contributed by atoms with van der Waals surface area (Å²) in [7, 11) is 4.67. The number of nitrogens with two attached hydrogens (primary N) is 2. The Bertz CT molecular complexity index is 4430. The number of carbonyl (C=O) groups is 7. The Morgan fingerprint density at radius 1 is 0.742 bits per heavy atom. The van der Waals surface area contributed by atoms with Crippen LogP contribution in [0.1, 0.15) is 196 Å². The number of nitrogens with one attached hydrogen (secondary N) is 1. The van der Waals surface area contributed by atoms with E-state index in [2.05, 4.69) is 30.6 Å². The van der Waals surface area contributed by atoms with Gasteiger partial charge in [-0.2, -0.15) is 10.1 Å². The number of carbonyl (C=O) groups excluding carboxylic acids is 7. The molecule has 1 aliphatic carbocycles. The van der Waals surface area contributed by atoms with Crippen LogP contribution in [0.3, 0.4) is 0 Å². The van der Waals surface area contributed by atoms with E-state index in [0.29, 0.717) is 214 Å². The number of aliphatic hydroxyl groups is 2. The number of allylic oxidation sites excluding steroid dienone is 5. The first-order valence-corrected chi connectivity index (χ1v) is 45.8. The SMILES string of the molecule is CCO[C@@H]1C[C@@H]([C@H](C)C[C@@H]2CC[C@H](n3cc(COC(=O)CCCOCCOCCOCCC(=O)NCCOCCOCCOCCC(=O)CCCCCn4nc(-c5ccc6oc(N)nc6c5)c5c(N)ncnc54)nn3)[C@H](OC)C2)OC(=O)[C@@H]2CCCCN2C(=O)C(=O)[C@]2(O)O[C@@H](CC[C@H]2C)C[C@H](OC)/C(C)=C/C=C/C=C/[C@@H](C)C[C@@H](C)C(=O)[C@H](OC)[C@H](O)/C(C)=C/[C@H]1C. The molecule has 0 unspecified atom stereocenters. The van der Waals surface area contributed by atoms with Gasteiger partial charge in [-0.1, -0.05) is 82.7 Å². The molecule has 2 saturated heterocycles. The van der Waals surface area contributed by atoms with Crippen molar-refractivity contribution in [3.63, 3.8) is 0 Å². The van der Waals surface area contributed by atoms with E-state index in [9.17, 15) is 39.0 Å². The fourth-order valence-corrected chi connectivity index (χ4v) is 17.2. The predicted octanol–water partition coefficient (Wildman–Crippen LogP) is 10.2. The summed E-state index contributed by atoms with van der Waals surface area (Å²) in [5.41, 5.74) is 17.1. The number of aryl methyl sites for hydroxylation is 1. The highest BCUT2D eigenvalue weighted by Gasteiger charge is 2.53. The molecule has 4 aliphatic rings. The number of oxazole rings is 1. The Labute approximate surface area is 751 Å². The summed E-state index contributed by atoms with van der Waals surface area (Å²) in [5.74, 6) is -7.34. The standard InChI is InChI=1S/C93H140N12O23/c1-12-124-77-56-78(126-91(113)74-25-18-20-36-103(74)90(112)87(111)93(114)66(8)27-30-71(128-93)55-76(115-9)61(3)23-16-13-15-22-60(2)50-64(6)84(109)86(117-11)85(110)65(7)51-62(77)4)63(5)52-67-28-31-73(79(53-67)116-10)105-57-69(100-102-105)58-125-81(108)26-21-38-118-42-46-122-48-44-120-40-34-80(107)96-35-41-121-45-49-123-47-43-119-39-33-70(106)24-17-14-19-37-104-89-82(88(94)97-59-98-89)83(101-104)68-29-32-75-72(54-68)99-92(95)127-75/h13,15-16,22-23,29,32,51,54,57,59-60,62-64,66-67,71,73-74,76-79,85-86,110,114H,12,14,17-21,24-28,30-31,33-50,52-53,55-56,58H2,1-11H3,(H2,95,99)(H,96,107)(H2,94,97,98)/b16-13+,22-15+,61-23+,65-51+/t60-,62-,63-,64-,66-,67+,71+,73+,74+,76+,77-,78+,79-,85-,86+,93-/m1/s1. The summed E-state index contributed by atoms with van der Waals surface area (Å²) in [5, 5.41) is 41.2. The van der Waals surface area contributed by atoms with Crippen LogP contribution in [0.25, 0.3) is 33.4 Å². The number of hydrogen-bond donors (Lipinski definition) is 5. The molecule has 35 nitrogen and oxygen atoms in total. The van der Waals surface area contributed by atoms with Gasteiger partial charge in [-0.05, 0) is 151 Å². The van der Waals surface area contributed by atoms with Crippen LogP contribution in [0.4, 0.5) is 11.8 Å². The summed E-state index contributed by atoms with van der Waals surface area (Å²) in [4.78, 5) is 110. The number of ether oxygens (including phenoxy) is 13. The van der Waals surface area contributed by atoms with Crippen LogP contribution < -0.4 is 16.8 Å². The zero-order valence-corrected chi connectivity index (χ0v) is 76.8. The van der Waals surface area contributed by atoms with Crippen molar-refractivity contribution in [2.45, 2.75) is 258 Å². The smallest absolute Gasteiger partial charge is 0.329 e. The van der Waals surface area contributed by atoms with Crippen LogP contribution in [-0.4, -0.2) is 271 Å². The van der Waals surface area contributed by atoms with Crippen LogP contribution in [0.2, 0.25) is 0 Å². The van der Waals surface area contributed by atoms with E-state index in [4.69, 9.17) is 82.6 Å². The van der Waals surface area contributed by atoms with Crippen molar-refractivity contribution >= 4 is 75.1 Å². The van der Waals surface area contributed by atoms with Gasteiger partial charge in [0.2, 0.25) is 11.7 Å². The summed E-state index contributed by atoms with van der Waals surface area (Å²) in [6.45, 7) is 20.2. The number of aromatic nitrogens is 8. The predicted molar refractivity (Wildman–Crippen MR) is 475 cm³/mol. The Kier molecular flexibility index (Phi) is 43.1. The number of methoxy groups -OCH3 is 3. The number of piperidine rings is 1. The number of nitrogens with zero attached hydrogens (tertiary/aromatic N) is 9. The fraction of sp³-hybridized carbons (Fsp3) is 0.688. The molecule has 3 fully saturated rings. The Morgan fingerprint density at radius 3 is 2.20 bits per heavy atom. The van der Waals surface area contributed by atoms with E-state index in [1.807, 2.05) is 94.8 Å². The normalized spacial score (nSPS) is 26.9. The average Bonchev–Trinajstić information content (AvgIpc) is 1.47. The summed E-state index contributed by atoms with van der Waals surface area (Å²) in [6, 6.07) is 4.26. The van der Waals surface area contributed by atoms with Gasteiger partial charge in [-0.3, -0.25) is 28.8 Å². The minimum atomic E-state index is -2.46. The average molecular weight is 1790 g/mol. The molecule has 5 aromatic rings. The molecular formula is C93H140N12O23. The molecule has 710 valence electrons. The second-order valence-electron chi connectivity index (χ2n) is 34.3. The minimum Gasteiger partial charge on any atom is -0.460 e. The fourth-order valence-electron chi connectivity index (χ4n) is 17.2. The van der Waals surface area contributed by atoms with Crippen molar-refractivity contribution in [3.05, 3.63) is 84.0 Å². The second-order valence-corrected chi connectivity index (χ2v) is 34.3. The van der Waals surface area contributed by atoms with Crippen LogP contribution in [0.15, 0.2) is 82.7 Å². The Balaban J connectivity index is 0.626. The molecule has 9 rings (SSSR count). The highest BCUT2D eigenvalue weighted by atomic mass is 16.6. The lowest BCUT2D eigenvalue weighted by molar-refractivity contribution is -0.265. The van der Waals surface area contributed by atoms with Gasteiger partial charge < -0.3 is 97.9 Å². The number of esters is 2. The minimum absolute atomic E-state index is 0.00727. The second kappa shape index (κ2) is 53.6. The topological polar surface area (TPSA) is 448 Å². The molecule has 1 aromatic carbocycles. The molecule has 0 spiro atoms. The lowest BCUT2D eigenvalue weighted by atomic mass is 9.77. The summed E-state index contributed by atoms with van der Waals surface area (Å²) < 4.78 is 85.5. The largest absolute Gasteiger partial charge is 0.460 e. The first-order chi connectivity index (χ1) is 61.7. The van der Waals surface area contributed by atoms with Crippen LogP contribution in [0.5, 0.6) is 0 Å². The Hall–Kier alpha value is -8.69. The quantitative estimate of drug-likeness (QED) is 0.0105. The highest BCUT2D eigenvalue weighted by Crippen LogP contribution is 2.41. The number of unbranched alkanes of at least 4 members (excludes halogenated alkanes) is 2. The third kappa shape index (κ3) is 31.3. The number of cyclic esters (lactones) is 1. The third-order valence-electron chi connectivity index (χ3n) is 24.6. The van der Waals surface area contributed by atoms with Gasteiger partial charge in [0.05, 0.1) is 115 Å². The molecule has 1 saturated carbocycles. The lowest BCUT2D eigenvalue weighted by Crippen LogP contribution is -2.61. The molecule has 2 bridgehead atoms. The van der Waals surface area contributed by atoms with Gasteiger partial charge in [0.25, 0.3) is 17.7 Å². The van der Waals surface area contributed by atoms with E-state index in [-0.39, 0.29) is 105 Å². The number of rotatable bonds is 43. The van der Waals surface area contributed by atoms with Crippen molar-refractivity contribution in [1.82, 2.24) is 49.9 Å². The number of fused-ring (bicyclic) bond motifs is 5. The zero-order chi connectivity index (χ0) is 92.1. The first kappa shape index (κ1) is 103. The summed E-state index contributed by atoms with van der Waals surface area (Å²) >= 11 is 0. The maximum Gasteiger partial charge on any atom is 0.329 e. The van der Waals surface area contributed by atoms with Crippen molar-refractivity contribution in [2.24, 2.45) is 35.5 Å². The van der Waals surface area contributed by atoms with E-state index in [0.717, 1.165) is 36.8 Å². The maximum absolute atomic E-state index is 15.0. The number of benzene rings is 1. The molecule has 128 heavy (non-hydrogen) atoms. The lowest BCUT2D eigenvalue weighted by Gasteiger charge is -2.43. The van der Waals surface area contributed by atoms with Crippen LogP contribution in [-0.2, 0) is 108 Å². The Morgan fingerprint density at radius 2 is 1.47 bits per heavy atom. The molecule has 35 heteroatoms. The van der Waals surface area contributed by atoms with E-state index in [1.54, 1.807) is 45.0 Å². The van der Waals surface area contributed by atoms with Crippen molar-refractivity contribution in [3.8, 4) is 11.3 Å². The van der Waals surface area contributed by atoms with Gasteiger partial charge in [0, 0.05) is 116 Å².